The van der Waals surface area contributed by atoms with Gasteiger partial charge in [-0.25, -0.2) is 13.2 Å². The van der Waals surface area contributed by atoms with Crippen molar-refractivity contribution in [3.05, 3.63) is 94.5 Å². The van der Waals surface area contributed by atoms with Gasteiger partial charge >= 0.3 is 5.97 Å². The number of carboxylic acids is 1. The lowest BCUT2D eigenvalue weighted by Gasteiger charge is -2.31. The van der Waals surface area contributed by atoms with E-state index in [1.165, 1.54) is 47.8 Å². The van der Waals surface area contributed by atoms with Gasteiger partial charge in [-0.05, 0) is 53.9 Å². The van der Waals surface area contributed by atoms with Crippen LogP contribution in [0.4, 0.5) is 0 Å². The van der Waals surface area contributed by atoms with Gasteiger partial charge in [-0.3, -0.25) is 0 Å². The molecule has 1 N–H and O–H groups in total. The minimum atomic E-state index is -3.93. The van der Waals surface area contributed by atoms with Gasteiger partial charge in [0.15, 0.2) is 0 Å². The van der Waals surface area contributed by atoms with Crippen LogP contribution < -0.4 is 4.74 Å². The van der Waals surface area contributed by atoms with Gasteiger partial charge in [-0.1, -0.05) is 54.9 Å². The van der Waals surface area contributed by atoms with Crippen molar-refractivity contribution in [3.8, 4) is 5.75 Å². The van der Waals surface area contributed by atoms with E-state index in [-0.39, 0.29) is 36.2 Å². The second-order valence-electron chi connectivity index (χ2n) is 7.18. The summed E-state index contributed by atoms with van der Waals surface area (Å²) in [6.45, 7) is 1.90. The van der Waals surface area contributed by atoms with E-state index in [0.717, 1.165) is 5.56 Å². The molecular formula is C24H26ClNO5S2. The second kappa shape index (κ2) is 11.6. The second-order valence-corrected chi connectivity index (χ2v) is 9.51. The van der Waals surface area contributed by atoms with E-state index in [4.69, 9.17) is 16.3 Å². The molecule has 0 aliphatic heterocycles. The first-order valence-electron chi connectivity index (χ1n) is 10.0. The number of carbonyl (C=O) groups is 1. The highest BCUT2D eigenvalue weighted by Gasteiger charge is 2.32. The van der Waals surface area contributed by atoms with Crippen molar-refractivity contribution in [2.75, 3.05) is 7.11 Å². The molecule has 0 unspecified atom stereocenters. The van der Waals surface area contributed by atoms with Crippen LogP contribution in [0.1, 0.15) is 40.9 Å². The molecule has 0 heterocycles. The van der Waals surface area contributed by atoms with Crippen molar-refractivity contribution in [3.63, 3.8) is 0 Å². The van der Waals surface area contributed by atoms with Crippen LogP contribution >= 0.6 is 25.1 Å². The molecular weight excluding hydrogens is 482 g/mol. The van der Waals surface area contributed by atoms with Gasteiger partial charge in [0.2, 0.25) is 10.0 Å². The third-order valence-electron chi connectivity index (χ3n) is 5.17. The fraction of sp³-hybridized carbons (Fsp3) is 0.208. The Labute approximate surface area is 206 Å². The zero-order valence-corrected chi connectivity index (χ0v) is 20.8. The number of carboxylic acid groups (broad SMARTS) is 1. The Morgan fingerprint density at radius 1 is 1.06 bits per heavy atom. The predicted molar refractivity (Wildman–Crippen MR) is 134 cm³/mol. The van der Waals surface area contributed by atoms with E-state index in [1.54, 1.807) is 6.07 Å². The molecule has 0 bridgehead atoms. The zero-order chi connectivity index (χ0) is 23.3. The lowest BCUT2D eigenvalue weighted by atomic mass is 10.0. The molecule has 33 heavy (non-hydrogen) atoms. The normalized spacial score (nSPS) is 12.1. The summed E-state index contributed by atoms with van der Waals surface area (Å²) in [5.41, 5.74) is 1.36. The van der Waals surface area contributed by atoms with E-state index in [2.05, 4.69) is 0 Å². The molecule has 6 nitrogen and oxygen atoms in total. The van der Waals surface area contributed by atoms with Crippen LogP contribution in [0.25, 0.3) is 0 Å². The Kier molecular flexibility index (Phi) is 9.36. The maximum Gasteiger partial charge on any atom is 0.339 e. The third-order valence-corrected chi connectivity index (χ3v) is 7.29. The SMILES string of the molecule is CC[C@@H](c1ccccc1)N(Cc1ccc(OC)c(C(=O)O)c1)S(=O)(=O)c1ccc(Cl)cc1.S. The van der Waals surface area contributed by atoms with Crippen molar-refractivity contribution in [2.24, 2.45) is 0 Å². The first-order chi connectivity index (χ1) is 15.3. The summed E-state index contributed by atoms with van der Waals surface area (Å²) in [6, 6.07) is 19.6. The number of methoxy groups -OCH3 is 1. The number of rotatable bonds is 9. The van der Waals surface area contributed by atoms with Gasteiger partial charge in [0, 0.05) is 11.6 Å². The summed E-state index contributed by atoms with van der Waals surface area (Å²) in [4.78, 5) is 11.8. The summed E-state index contributed by atoms with van der Waals surface area (Å²) in [5.74, 6) is -0.936. The largest absolute Gasteiger partial charge is 0.496 e. The van der Waals surface area contributed by atoms with Gasteiger partial charge in [-0.15, -0.1) is 0 Å². The van der Waals surface area contributed by atoms with Crippen LogP contribution in [-0.4, -0.2) is 30.9 Å². The molecule has 3 rings (SSSR count). The first-order valence-corrected chi connectivity index (χ1v) is 11.8. The van der Waals surface area contributed by atoms with E-state index >= 15 is 0 Å². The summed E-state index contributed by atoms with van der Waals surface area (Å²) in [6.07, 6.45) is 0.527. The van der Waals surface area contributed by atoms with Gasteiger partial charge in [0.25, 0.3) is 0 Å². The van der Waals surface area contributed by atoms with Gasteiger partial charge in [-0.2, -0.15) is 17.8 Å². The highest BCUT2D eigenvalue weighted by Crippen LogP contribution is 2.33. The maximum atomic E-state index is 13.7. The topological polar surface area (TPSA) is 83.9 Å². The molecule has 0 saturated carbocycles. The van der Waals surface area contributed by atoms with Crippen molar-refractivity contribution in [1.29, 1.82) is 0 Å². The fourth-order valence-corrected chi connectivity index (χ4v) is 5.39. The highest BCUT2D eigenvalue weighted by atomic mass is 35.5. The molecule has 176 valence electrons. The maximum absolute atomic E-state index is 13.7. The molecule has 9 heteroatoms. The van der Waals surface area contributed by atoms with Crippen LogP contribution in [0.2, 0.25) is 5.02 Å². The molecule has 0 spiro atoms. The van der Waals surface area contributed by atoms with Crippen molar-refractivity contribution in [1.82, 2.24) is 4.31 Å². The molecule has 0 radical (unpaired) electrons. The van der Waals surface area contributed by atoms with Crippen molar-refractivity contribution >= 4 is 41.1 Å². The summed E-state index contributed by atoms with van der Waals surface area (Å²) < 4.78 is 33.9. The van der Waals surface area contributed by atoms with Gasteiger partial charge in [0.1, 0.15) is 11.3 Å². The van der Waals surface area contributed by atoms with Crippen molar-refractivity contribution in [2.45, 2.75) is 30.8 Å². The Bertz CT molecular complexity index is 1190. The molecule has 0 saturated heterocycles. The fourth-order valence-electron chi connectivity index (χ4n) is 3.59. The van der Waals surface area contributed by atoms with Crippen LogP contribution in [0.5, 0.6) is 5.75 Å². The minimum absolute atomic E-state index is 0. The molecule has 3 aromatic rings. The van der Waals surface area contributed by atoms with Gasteiger partial charge in [0.05, 0.1) is 18.0 Å². The molecule has 1 atom stereocenters. The minimum Gasteiger partial charge on any atom is -0.496 e. The number of hydrogen-bond acceptors (Lipinski definition) is 4. The first kappa shape index (κ1) is 26.7. The Balaban J connectivity index is 0.00000385. The lowest BCUT2D eigenvalue weighted by Crippen LogP contribution is -2.34. The highest BCUT2D eigenvalue weighted by molar-refractivity contribution is 7.89. The molecule has 3 aromatic carbocycles. The standard InChI is InChI=1S/C24H24ClNO5S.H2S/c1-3-22(18-7-5-4-6-8-18)26(32(29,30)20-12-10-19(25)11-13-20)16-17-9-14-23(31-2)21(15-17)24(27)28;/h4-15,22H,3,16H2,1-2H3,(H,27,28);1H2/t22-;/m0./s1. The van der Waals surface area contributed by atoms with Crippen LogP contribution in [0.3, 0.4) is 0 Å². The Morgan fingerprint density at radius 2 is 1.70 bits per heavy atom. The Hall–Kier alpha value is -2.52. The van der Waals surface area contributed by atoms with Crippen molar-refractivity contribution < 1.29 is 23.1 Å². The summed E-state index contributed by atoms with van der Waals surface area (Å²) in [5, 5.41) is 9.97. The van der Waals surface area contributed by atoms with E-state index < -0.39 is 22.0 Å². The van der Waals surface area contributed by atoms with E-state index in [0.29, 0.717) is 17.0 Å². The number of halogens is 1. The van der Waals surface area contributed by atoms with Crippen LogP contribution in [0, 0.1) is 0 Å². The molecule has 0 fully saturated rings. The van der Waals surface area contributed by atoms with Gasteiger partial charge < -0.3 is 9.84 Å². The number of aromatic carboxylic acids is 1. The summed E-state index contributed by atoms with van der Waals surface area (Å²) in [7, 11) is -2.54. The number of benzene rings is 3. The average molecular weight is 508 g/mol. The van der Waals surface area contributed by atoms with E-state index in [9.17, 15) is 18.3 Å². The van der Waals surface area contributed by atoms with Crippen LogP contribution in [-0.2, 0) is 16.6 Å². The smallest absolute Gasteiger partial charge is 0.339 e. The molecule has 0 aliphatic rings. The number of hydrogen-bond donors (Lipinski definition) is 1. The average Bonchev–Trinajstić information content (AvgIpc) is 2.79. The molecule has 0 aliphatic carbocycles. The molecule has 0 aromatic heterocycles. The zero-order valence-electron chi connectivity index (χ0n) is 18.2. The predicted octanol–water partition coefficient (Wildman–Crippen LogP) is 5.50. The quantitative estimate of drug-likeness (QED) is 0.413. The number of nitrogens with zero attached hydrogens (tertiary/aromatic N) is 1. The monoisotopic (exact) mass is 507 g/mol. The lowest BCUT2D eigenvalue weighted by molar-refractivity contribution is 0.0693. The van der Waals surface area contributed by atoms with Crippen LogP contribution in [0.15, 0.2) is 77.7 Å². The summed E-state index contributed by atoms with van der Waals surface area (Å²) >= 11 is 5.96. The Morgan fingerprint density at radius 3 is 2.24 bits per heavy atom. The number of sulfonamides is 1. The van der Waals surface area contributed by atoms with E-state index in [1.807, 2.05) is 37.3 Å². The third kappa shape index (κ3) is 6.09. The number of ether oxygens (including phenoxy) is 1. The molecule has 0 amide bonds.